The number of rotatable bonds is 4. The van der Waals surface area contributed by atoms with Crippen LogP contribution in [0.5, 0.6) is 0 Å². The van der Waals surface area contributed by atoms with E-state index in [0.29, 0.717) is 35.6 Å². The van der Waals surface area contributed by atoms with Crippen molar-refractivity contribution in [3.05, 3.63) is 59.8 Å². The van der Waals surface area contributed by atoms with Crippen LogP contribution in [0, 0.1) is 12.7 Å². The molecule has 2 aromatic carbocycles. The molecule has 31 heavy (non-hydrogen) atoms. The number of aryl methyl sites for hydroxylation is 1. The van der Waals surface area contributed by atoms with Gasteiger partial charge in [0.15, 0.2) is 0 Å². The molecule has 5 rings (SSSR count). The number of nitrogens with one attached hydrogen (secondary N) is 1. The Morgan fingerprint density at radius 1 is 1.19 bits per heavy atom. The quantitative estimate of drug-likeness (QED) is 0.548. The van der Waals surface area contributed by atoms with Gasteiger partial charge in [-0.1, -0.05) is 12.1 Å². The predicted octanol–water partition coefficient (Wildman–Crippen LogP) is 3.58. The van der Waals surface area contributed by atoms with Crippen molar-refractivity contribution in [3.63, 3.8) is 0 Å². The fraction of sp³-hybridized carbons (Fsp3) is 0.304. The molecule has 4 aromatic rings. The number of anilines is 1. The molecule has 1 N–H and O–H groups in total. The van der Waals surface area contributed by atoms with Gasteiger partial charge in [-0.25, -0.2) is 19.3 Å². The predicted molar refractivity (Wildman–Crippen MR) is 117 cm³/mol. The van der Waals surface area contributed by atoms with Crippen molar-refractivity contribution in [1.29, 1.82) is 0 Å². The van der Waals surface area contributed by atoms with E-state index in [2.05, 4.69) is 19.9 Å². The van der Waals surface area contributed by atoms with E-state index in [1.807, 2.05) is 36.1 Å². The summed E-state index contributed by atoms with van der Waals surface area (Å²) in [5.41, 5.74) is 3.22. The number of carbonyl (C=O) groups is 1. The lowest BCUT2D eigenvalue weighted by Gasteiger charge is -2.28. The molecular weight excluding hydrogens is 395 g/mol. The number of aromatic nitrogens is 4. The second kappa shape index (κ2) is 7.61. The summed E-state index contributed by atoms with van der Waals surface area (Å²) >= 11 is 0. The zero-order valence-corrected chi connectivity index (χ0v) is 17.5. The van der Waals surface area contributed by atoms with Crippen molar-refractivity contribution in [1.82, 2.24) is 24.8 Å². The van der Waals surface area contributed by atoms with Crippen LogP contribution in [0.2, 0.25) is 0 Å². The lowest BCUT2D eigenvalue weighted by atomic mass is 10.2. The average Bonchev–Trinajstić information content (AvgIpc) is 3.40. The van der Waals surface area contributed by atoms with Gasteiger partial charge in [0.25, 0.3) is 0 Å². The summed E-state index contributed by atoms with van der Waals surface area (Å²) in [6.45, 7) is 2.95. The monoisotopic (exact) mass is 418 g/mol. The zero-order valence-electron chi connectivity index (χ0n) is 17.5. The highest BCUT2D eigenvalue weighted by Crippen LogP contribution is 2.27. The average molecular weight is 418 g/mol. The first-order valence-corrected chi connectivity index (χ1v) is 10.4. The van der Waals surface area contributed by atoms with Crippen LogP contribution in [0.15, 0.2) is 42.5 Å². The van der Waals surface area contributed by atoms with E-state index in [4.69, 9.17) is 0 Å². The van der Waals surface area contributed by atoms with Gasteiger partial charge in [0.05, 0.1) is 28.8 Å². The third kappa shape index (κ3) is 3.58. The molecule has 0 saturated carbocycles. The second-order valence-electron chi connectivity index (χ2n) is 8.02. The van der Waals surface area contributed by atoms with Gasteiger partial charge in [-0.15, -0.1) is 0 Å². The lowest BCUT2D eigenvalue weighted by molar-refractivity contribution is -0.131. The highest BCUT2D eigenvalue weighted by molar-refractivity contribution is 5.86. The number of hydrogen-bond donors (Lipinski definition) is 1. The maximum Gasteiger partial charge on any atom is 0.245 e. The van der Waals surface area contributed by atoms with E-state index in [1.54, 1.807) is 18.0 Å². The molecule has 1 aliphatic rings. The van der Waals surface area contributed by atoms with Gasteiger partial charge >= 0.3 is 0 Å². The van der Waals surface area contributed by atoms with Crippen LogP contribution in [-0.2, 0) is 11.3 Å². The van der Waals surface area contributed by atoms with Gasteiger partial charge in [-0.3, -0.25) is 4.79 Å². The summed E-state index contributed by atoms with van der Waals surface area (Å²) in [5, 5.41) is 0.688. The molecule has 0 bridgehead atoms. The number of amides is 1. The van der Waals surface area contributed by atoms with Gasteiger partial charge in [0.2, 0.25) is 11.9 Å². The van der Waals surface area contributed by atoms with Crippen molar-refractivity contribution in [2.45, 2.75) is 32.4 Å². The Kier molecular flexibility index (Phi) is 4.77. The minimum atomic E-state index is -0.327. The van der Waals surface area contributed by atoms with Crippen LogP contribution in [0.4, 0.5) is 10.3 Å². The maximum absolute atomic E-state index is 13.6. The third-order valence-corrected chi connectivity index (χ3v) is 5.83. The number of aromatic amines is 1. The first kappa shape index (κ1) is 19.4. The molecule has 3 heterocycles. The molecule has 7 nitrogen and oxygen atoms in total. The van der Waals surface area contributed by atoms with E-state index in [-0.39, 0.29) is 17.8 Å². The Bertz CT molecular complexity index is 1250. The number of H-pyrrole nitrogens is 1. The first-order valence-electron chi connectivity index (χ1n) is 10.4. The fourth-order valence-electron chi connectivity index (χ4n) is 4.27. The van der Waals surface area contributed by atoms with Crippen molar-refractivity contribution in [3.8, 4) is 0 Å². The summed E-state index contributed by atoms with van der Waals surface area (Å²) < 4.78 is 13.6. The van der Waals surface area contributed by atoms with Crippen molar-refractivity contribution in [2.75, 3.05) is 18.5 Å². The highest BCUT2D eigenvalue weighted by Gasteiger charge is 2.34. The summed E-state index contributed by atoms with van der Waals surface area (Å²) in [7, 11) is 1.79. The fourth-order valence-corrected chi connectivity index (χ4v) is 4.27. The number of halogens is 1. The van der Waals surface area contributed by atoms with Crippen LogP contribution < -0.4 is 4.90 Å². The van der Waals surface area contributed by atoms with Gasteiger partial charge in [-0.05, 0) is 50.1 Å². The Balaban J connectivity index is 1.38. The van der Waals surface area contributed by atoms with Gasteiger partial charge in [0.1, 0.15) is 17.7 Å². The van der Waals surface area contributed by atoms with Crippen LogP contribution in [0.3, 0.4) is 0 Å². The Hall–Kier alpha value is -3.55. The summed E-state index contributed by atoms with van der Waals surface area (Å²) in [5.74, 6) is 0.970. The standard InChI is InChI=1S/C23H23FN6O/c1-14-16-12-15(24)9-10-17(16)28-23(25-14)30-11-5-8-20(30)22(31)29(2)13-21-26-18-6-3-4-7-19(18)27-21/h3-4,6-7,9-10,12,20H,5,8,11,13H2,1-2H3,(H,26,27). The van der Waals surface area contributed by atoms with Crippen LogP contribution in [-0.4, -0.2) is 50.4 Å². The zero-order chi connectivity index (χ0) is 21.5. The van der Waals surface area contributed by atoms with Gasteiger partial charge in [-0.2, -0.15) is 0 Å². The van der Waals surface area contributed by atoms with E-state index >= 15 is 0 Å². The number of fused-ring (bicyclic) bond motifs is 2. The first-order chi connectivity index (χ1) is 15.0. The Morgan fingerprint density at radius 3 is 2.87 bits per heavy atom. The number of nitrogens with zero attached hydrogens (tertiary/aromatic N) is 5. The number of imidazole rings is 1. The Labute approximate surface area is 178 Å². The second-order valence-corrected chi connectivity index (χ2v) is 8.02. The summed E-state index contributed by atoms with van der Waals surface area (Å²) in [6, 6.07) is 12.0. The van der Waals surface area contributed by atoms with Crippen LogP contribution in [0.1, 0.15) is 24.4 Å². The maximum atomic E-state index is 13.6. The summed E-state index contributed by atoms with van der Waals surface area (Å²) in [6.07, 6.45) is 1.63. The van der Waals surface area contributed by atoms with Crippen LogP contribution >= 0.6 is 0 Å². The molecule has 0 aliphatic carbocycles. The van der Waals surface area contributed by atoms with Crippen molar-refractivity contribution in [2.24, 2.45) is 0 Å². The number of carbonyl (C=O) groups excluding carboxylic acids is 1. The number of benzene rings is 2. The minimum Gasteiger partial charge on any atom is -0.340 e. The molecule has 0 spiro atoms. The molecule has 8 heteroatoms. The molecule has 1 atom stereocenters. The molecule has 1 unspecified atom stereocenters. The van der Waals surface area contributed by atoms with E-state index in [9.17, 15) is 9.18 Å². The molecule has 1 fully saturated rings. The normalized spacial score (nSPS) is 16.4. The molecule has 0 radical (unpaired) electrons. The third-order valence-electron chi connectivity index (χ3n) is 5.83. The van der Waals surface area contributed by atoms with Crippen molar-refractivity contribution < 1.29 is 9.18 Å². The minimum absolute atomic E-state index is 0.0124. The van der Waals surface area contributed by atoms with Crippen molar-refractivity contribution >= 4 is 33.8 Å². The topological polar surface area (TPSA) is 78.0 Å². The number of hydrogen-bond acceptors (Lipinski definition) is 5. The highest BCUT2D eigenvalue weighted by atomic mass is 19.1. The Morgan fingerprint density at radius 2 is 2.03 bits per heavy atom. The van der Waals surface area contributed by atoms with Crippen LogP contribution in [0.25, 0.3) is 21.9 Å². The smallest absolute Gasteiger partial charge is 0.245 e. The van der Waals surface area contributed by atoms with E-state index in [1.165, 1.54) is 12.1 Å². The molecule has 2 aromatic heterocycles. The van der Waals surface area contributed by atoms with Gasteiger partial charge < -0.3 is 14.8 Å². The molecular formula is C23H23FN6O. The summed E-state index contributed by atoms with van der Waals surface area (Å²) in [4.78, 5) is 34.0. The molecule has 1 saturated heterocycles. The number of para-hydroxylation sites is 2. The molecule has 1 amide bonds. The van der Waals surface area contributed by atoms with E-state index in [0.717, 1.165) is 29.7 Å². The molecule has 158 valence electrons. The largest absolute Gasteiger partial charge is 0.340 e. The molecule has 1 aliphatic heterocycles. The lowest BCUT2D eigenvalue weighted by Crippen LogP contribution is -2.44. The van der Waals surface area contributed by atoms with E-state index < -0.39 is 0 Å². The van der Waals surface area contributed by atoms with Gasteiger partial charge in [0, 0.05) is 19.0 Å². The SMILES string of the molecule is Cc1nc(N2CCCC2C(=O)N(C)Cc2nc3ccccc3[nH]2)nc2ccc(F)cc12. The number of likely N-dealkylation sites (N-methyl/N-ethyl adjacent to an activating group) is 1.